The first-order valence-electron chi connectivity index (χ1n) is 6.61. The Kier molecular flexibility index (Phi) is 5.23. The van der Waals surface area contributed by atoms with E-state index < -0.39 is 16.0 Å². The fourth-order valence-corrected chi connectivity index (χ4v) is 4.07. The summed E-state index contributed by atoms with van der Waals surface area (Å²) in [4.78, 5) is 10.9. The molecule has 0 radical (unpaired) electrons. The van der Waals surface area contributed by atoms with Gasteiger partial charge in [-0.1, -0.05) is 17.7 Å². The van der Waals surface area contributed by atoms with Gasteiger partial charge >= 0.3 is 5.97 Å². The van der Waals surface area contributed by atoms with E-state index in [0.717, 1.165) is 6.07 Å². The summed E-state index contributed by atoms with van der Waals surface area (Å²) in [5.74, 6) is -1.20. The van der Waals surface area contributed by atoms with Gasteiger partial charge in [0.2, 0.25) is 10.0 Å². The first kappa shape index (κ1) is 17.0. The van der Waals surface area contributed by atoms with Gasteiger partial charge < -0.3 is 9.84 Å². The SMILES string of the molecule is C=CCO[C@H]1CCN(S(=O)(=O)c2ccc(C(=O)O)c(Cl)c2)C1. The Hall–Kier alpha value is -1.41. The predicted molar refractivity (Wildman–Crippen MR) is 81.7 cm³/mol. The van der Waals surface area contributed by atoms with Crippen LogP contribution < -0.4 is 0 Å². The first-order chi connectivity index (χ1) is 10.4. The highest BCUT2D eigenvalue weighted by atomic mass is 35.5. The molecule has 0 aliphatic carbocycles. The van der Waals surface area contributed by atoms with Crippen molar-refractivity contribution in [3.63, 3.8) is 0 Å². The summed E-state index contributed by atoms with van der Waals surface area (Å²) in [5, 5.41) is 8.81. The molecule has 1 heterocycles. The van der Waals surface area contributed by atoms with Crippen LogP contribution in [-0.4, -0.2) is 49.6 Å². The van der Waals surface area contributed by atoms with Crippen LogP contribution in [0.1, 0.15) is 16.8 Å². The maximum absolute atomic E-state index is 12.5. The van der Waals surface area contributed by atoms with Crippen molar-refractivity contribution >= 4 is 27.6 Å². The highest BCUT2D eigenvalue weighted by molar-refractivity contribution is 7.89. The van der Waals surface area contributed by atoms with Crippen LogP contribution >= 0.6 is 11.6 Å². The molecule has 1 saturated heterocycles. The van der Waals surface area contributed by atoms with Crippen molar-refractivity contribution in [1.82, 2.24) is 4.31 Å². The Bertz CT molecular complexity index is 688. The van der Waals surface area contributed by atoms with Crippen LogP contribution in [0.4, 0.5) is 0 Å². The number of benzene rings is 1. The Morgan fingerprint density at radius 1 is 1.55 bits per heavy atom. The maximum Gasteiger partial charge on any atom is 0.337 e. The minimum atomic E-state index is -3.71. The molecule has 1 aromatic rings. The largest absolute Gasteiger partial charge is 0.478 e. The lowest BCUT2D eigenvalue weighted by atomic mass is 10.2. The number of sulfonamides is 1. The number of carboxylic acid groups (broad SMARTS) is 1. The van der Waals surface area contributed by atoms with E-state index >= 15 is 0 Å². The number of nitrogens with zero attached hydrogens (tertiary/aromatic N) is 1. The van der Waals surface area contributed by atoms with E-state index in [4.69, 9.17) is 21.4 Å². The number of halogens is 1. The molecule has 2 rings (SSSR count). The van der Waals surface area contributed by atoms with Crippen LogP contribution in [0.15, 0.2) is 35.7 Å². The van der Waals surface area contributed by atoms with E-state index in [2.05, 4.69) is 6.58 Å². The number of aromatic carboxylic acids is 1. The van der Waals surface area contributed by atoms with Crippen LogP contribution in [0.3, 0.4) is 0 Å². The van der Waals surface area contributed by atoms with Crippen molar-refractivity contribution in [1.29, 1.82) is 0 Å². The monoisotopic (exact) mass is 345 g/mol. The number of hydrogen-bond acceptors (Lipinski definition) is 4. The average Bonchev–Trinajstić information content (AvgIpc) is 2.94. The molecule has 1 aliphatic rings. The molecule has 0 saturated carbocycles. The summed E-state index contributed by atoms with van der Waals surface area (Å²) < 4.78 is 31.8. The Balaban J connectivity index is 2.19. The average molecular weight is 346 g/mol. The normalized spacial score (nSPS) is 19.2. The summed E-state index contributed by atoms with van der Waals surface area (Å²) in [5.41, 5.74) is -0.130. The third-order valence-electron chi connectivity index (χ3n) is 3.37. The maximum atomic E-state index is 12.5. The molecule has 0 bridgehead atoms. The van der Waals surface area contributed by atoms with Crippen molar-refractivity contribution < 1.29 is 23.1 Å². The molecular weight excluding hydrogens is 330 g/mol. The van der Waals surface area contributed by atoms with Gasteiger partial charge in [0.1, 0.15) is 0 Å². The zero-order valence-electron chi connectivity index (χ0n) is 11.7. The summed E-state index contributed by atoms with van der Waals surface area (Å²) in [6, 6.07) is 3.61. The fraction of sp³-hybridized carbons (Fsp3) is 0.357. The van der Waals surface area contributed by atoms with Crippen molar-refractivity contribution in [2.24, 2.45) is 0 Å². The molecule has 1 aliphatic heterocycles. The van der Waals surface area contributed by atoms with Gasteiger partial charge in [0.15, 0.2) is 0 Å². The van der Waals surface area contributed by atoms with Crippen LogP contribution in [0.25, 0.3) is 0 Å². The zero-order valence-corrected chi connectivity index (χ0v) is 13.3. The number of hydrogen-bond donors (Lipinski definition) is 1. The van der Waals surface area contributed by atoms with Crippen molar-refractivity contribution in [2.45, 2.75) is 17.4 Å². The molecule has 1 atom stereocenters. The van der Waals surface area contributed by atoms with Gasteiger partial charge in [0, 0.05) is 13.1 Å². The van der Waals surface area contributed by atoms with E-state index in [0.29, 0.717) is 19.6 Å². The van der Waals surface area contributed by atoms with E-state index in [1.54, 1.807) is 6.08 Å². The van der Waals surface area contributed by atoms with Gasteiger partial charge in [0.25, 0.3) is 0 Å². The quantitative estimate of drug-likeness (QED) is 0.797. The minimum Gasteiger partial charge on any atom is -0.478 e. The molecule has 22 heavy (non-hydrogen) atoms. The van der Waals surface area contributed by atoms with Gasteiger partial charge in [-0.3, -0.25) is 0 Å². The van der Waals surface area contributed by atoms with E-state index in [9.17, 15) is 13.2 Å². The summed E-state index contributed by atoms with van der Waals surface area (Å²) in [6.07, 6.45) is 2.05. The molecule has 0 aromatic heterocycles. The number of carboxylic acids is 1. The van der Waals surface area contributed by atoms with Gasteiger partial charge in [-0.25, -0.2) is 13.2 Å². The van der Waals surface area contributed by atoms with Crippen LogP contribution in [0.2, 0.25) is 5.02 Å². The van der Waals surface area contributed by atoms with Crippen LogP contribution in [-0.2, 0) is 14.8 Å². The lowest BCUT2D eigenvalue weighted by molar-refractivity contribution is 0.0697. The zero-order chi connectivity index (χ0) is 16.3. The lowest BCUT2D eigenvalue weighted by Crippen LogP contribution is -2.30. The molecule has 1 N–H and O–H groups in total. The molecule has 120 valence electrons. The fourth-order valence-electron chi connectivity index (χ4n) is 2.23. The second-order valence-electron chi connectivity index (χ2n) is 4.84. The smallest absolute Gasteiger partial charge is 0.337 e. The predicted octanol–water partition coefficient (Wildman–Crippen LogP) is 2.00. The second kappa shape index (κ2) is 6.78. The van der Waals surface area contributed by atoms with Crippen LogP contribution in [0, 0.1) is 0 Å². The van der Waals surface area contributed by atoms with E-state index in [-0.39, 0.29) is 28.1 Å². The third-order valence-corrected chi connectivity index (χ3v) is 5.54. The number of rotatable bonds is 6. The third kappa shape index (κ3) is 3.49. The topological polar surface area (TPSA) is 83.9 Å². The number of carbonyl (C=O) groups is 1. The molecular formula is C14H16ClNO5S. The summed E-state index contributed by atoms with van der Waals surface area (Å²) in [7, 11) is -3.71. The Morgan fingerprint density at radius 2 is 2.27 bits per heavy atom. The summed E-state index contributed by atoms with van der Waals surface area (Å²) in [6.45, 7) is 4.53. The van der Waals surface area contributed by atoms with Gasteiger partial charge in [0.05, 0.1) is 28.2 Å². The lowest BCUT2D eigenvalue weighted by Gasteiger charge is -2.17. The van der Waals surface area contributed by atoms with Crippen molar-refractivity contribution in [3.05, 3.63) is 41.4 Å². The molecule has 0 amide bonds. The molecule has 0 unspecified atom stereocenters. The molecule has 0 spiro atoms. The summed E-state index contributed by atoms with van der Waals surface area (Å²) >= 11 is 5.83. The second-order valence-corrected chi connectivity index (χ2v) is 7.19. The van der Waals surface area contributed by atoms with Gasteiger partial charge in [-0.05, 0) is 24.6 Å². The molecule has 1 aromatic carbocycles. The molecule has 1 fully saturated rings. The van der Waals surface area contributed by atoms with Gasteiger partial charge in [-0.15, -0.1) is 6.58 Å². The highest BCUT2D eigenvalue weighted by Crippen LogP contribution is 2.26. The standard InChI is InChI=1S/C14H16ClNO5S/c1-2-7-21-10-5-6-16(9-10)22(19,20)11-3-4-12(14(17)18)13(15)8-11/h2-4,8,10H,1,5-7,9H2,(H,17,18)/t10-/m0/s1. The van der Waals surface area contributed by atoms with Crippen molar-refractivity contribution in [2.75, 3.05) is 19.7 Å². The van der Waals surface area contributed by atoms with Gasteiger partial charge in [-0.2, -0.15) is 4.31 Å². The van der Waals surface area contributed by atoms with Crippen LogP contribution in [0.5, 0.6) is 0 Å². The molecule has 6 nitrogen and oxygen atoms in total. The van der Waals surface area contributed by atoms with E-state index in [1.807, 2.05) is 0 Å². The Labute approximate surface area is 134 Å². The Morgan fingerprint density at radius 3 is 2.86 bits per heavy atom. The first-order valence-corrected chi connectivity index (χ1v) is 8.43. The van der Waals surface area contributed by atoms with E-state index in [1.165, 1.54) is 16.4 Å². The minimum absolute atomic E-state index is 0.0214. The molecule has 8 heteroatoms. The highest BCUT2D eigenvalue weighted by Gasteiger charge is 2.33. The van der Waals surface area contributed by atoms with Crippen molar-refractivity contribution in [3.8, 4) is 0 Å². The number of ether oxygens (including phenoxy) is 1.